The van der Waals surface area contributed by atoms with Gasteiger partial charge in [0.15, 0.2) is 5.69 Å². The number of carbonyl (C=O) groups excluding carboxylic acids is 1. The first-order valence-corrected chi connectivity index (χ1v) is 8.36. The molecule has 3 heterocycles. The molecule has 3 rings (SSSR count). The Kier molecular flexibility index (Phi) is 5.24. The molecule has 0 aromatic carbocycles. The monoisotopic (exact) mass is 391 g/mol. The second-order valence-electron chi connectivity index (χ2n) is 6.04. The largest absolute Gasteiger partial charge is 0.436 e. The second-order valence-corrected chi connectivity index (χ2v) is 6.42. The fourth-order valence-electron chi connectivity index (χ4n) is 2.72. The van der Waals surface area contributed by atoms with Crippen molar-refractivity contribution in [3.8, 4) is 0 Å². The average molecular weight is 392 g/mol. The molecule has 0 spiro atoms. The minimum atomic E-state index is -4.67. The molecule has 0 bridgehead atoms. The molecule has 26 heavy (non-hydrogen) atoms. The number of aromatic nitrogens is 4. The molecule has 1 N–H and O–H groups in total. The lowest BCUT2D eigenvalue weighted by Crippen LogP contribution is -2.20. The van der Waals surface area contributed by atoms with Crippen LogP contribution in [0.25, 0.3) is 0 Å². The number of hydrogen-bond acceptors (Lipinski definition) is 4. The molecule has 0 saturated carbocycles. The number of alkyl halides is 3. The fourth-order valence-corrected chi connectivity index (χ4v) is 2.96. The summed E-state index contributed by atoms with van der Waals surface area (Å²) in [7, 11) is 0. The van der Waals surface area contributed by atoms with Gasteiger partial charge in [-0.1, -0.05) is 11.6 Å². The average Bonchev–Trinajstić information content (AvgIpc) is 3.26. The zero-order valence-electron chi connectivity index (χ0n) is 13.9. The number of carbonyl (C=O) groups is 1. The number of halogens is 4. The van der Waals surface area contributed by atoms with Crippen molar-refractivity contribution in [2.24, 2.45) is 0 Å². The Bertz CT molecular complexity index is 796. The van der Waals surface area contributed by atoms with Gasteiger partial charge in [-0.3, -0.25) is 14.2 Å². The van der Waals surface area contributed by atoms with Crippen LogP contribution in [-0.2, 0) is 28.8 Å². The zero-order chi connectivity index (χ0) is 18.9. The van der Waals surface area contributed by atoms with Gasteiger partial charge in [0.05, 0.1) is 35.2 Å². The summed E-state index contributed by atoms with van der Waals surface area (Å²) in [5.74, 6) is -0.530. The Hall–Kier alpha value is -2.07. The third-order valence-electron chi connectivity index (χ3n) is 4.03. The predicted molar refractivity (Wildman–Crippen MR) is 86.8 cm³/mol. The van der Waals surface area contributed by atoms with E-state index in [0.29, 0.717) is 12.2 Å². The first-order valence-electron chi connectivity index (χ1n) is 7.98. The Balaban J connectivity index is 1.62. The van der Waals surface area contributed by atoms with Crippen LogP contribution in [-0.4, -0.2) is 38.2 Å². The van der Waals surface area contributed by atoms with Gasteiger partial charge in [0.2, 0.25) is 5.91 Å². The summed E-state index contributed by atoms with van der Waals surface area (Å²) in [6.45, 7) is 2.30. The second kappa shape index (κ2) is 7.28. The fraction of sp³-hybridized carbons (Fsp3) is 0.533. The van der Waals surface area contributed by atoms with E-state index in [2.05, 4.69) is 15.5 Å². The van der Waals surface area contributed by atoms with E-state index in [9.17, 15) is 18.0 Å². The number of nitrogens with zero attached hydrogens (tertiary/aromatic N) is 4. The smallest absolute Gasteiger partial charge is 0.376 e. The lowest BCUT2D eigenvalue weighted by atomic mass is 10.2. The van der Waals surface area contributed by atoms with Crippen molar-refractivity contribution in [1.82, 2.24) is 19.6 Å². The minimum Gasteiger partial charge on any atom is -0.376 e. The normalized spacial score (nSPS) is 17.7. The predicted octanol–water partition coefficient (Wildman–Crippen LogP) is 2.88. The van der Waals surface area contributed by atoms with E-state index in [-0.39, 0.29) is 11.8 Å². The van der Waals surface area contributed by atoms with Crippen LogP contribution in [0.3, 0.4) is 0 Å². The van der Waals surface area contributed by atoms with Crippen LogP contribution in [0.15, 0.2) is 12.4 Å². The number of hydrogen-bond donors (Lipinski definition) is 1. The molecule has 1 fully saturated rings. The van der Waals surface area contributed by atoms with Crippen molar-refractivity contribution in [3.63, 3.8) is 0 Å². The Morgan fingerprint density at radius 1 is 1.50 bits per heavy atom. The van der Waals surface area contributed by atoms with Gasteiger partial charge in [-0.15, -0.1) is 0 Å². The molecule has 0 aliphatic carbocycles. The molecule has 7 nitrogen and oxygen atoms in total. The molecule has 1 aliphatic heterocycles. The van der Waals surface area contributed by atoms with Gasteiger partial charge in [0, 0.05) is 12.8 Å². The zero-order valence-corrected chi connectivity index (χ0v) is 14.6. The Morgan fingerprint density at radius 3 is 2.88 bits per heavy atom. The summed E-state index contributed by atoms with van der Waals surface area (Å²) in [5.41, 5.74) is -0.683. The van der Waals surface area contributed by atoms with Crippen molar-refractivity contribution >= 4 is 23.2 Å². The number of ether oxygens (including phenoxy) is 1. The molecule has 11 heteroatoms. The lowest BCUT2D eigenvalue weighted by molar-refractivity contribution is -0.141. The van der Waals surface area contributed by atoms with E-state index in [4.69, 9.17) is 16.3 Å². The van der Waals surface area contributed by atoms with E-state index >= 15 is 0 Å². The van der Waals surface area contributed by atoms with Gasteiger partial charge in [-0.2, -0.15) is 23.4 Å². The van der Waals surface area contributed by atoms with Crippen molar-refractivity contribution in [2.75, 3.05) is 11.9 Å². The van der Waals surface area contributed by atoms with Crippen LogP contribution < -0.4 is 5.32 Å². The molecule has 0 radical (unpaired) electrons. The number of rotatable bonds is 5. The van der Waals surface area contributed by atoms with Crippen LogP contribution >= 0.6 is 11.6 Å². The maximum atomic E-state index is 12.8. The van der Waals surface area contributed by atoms with E-state index in [0.717, 1.165) is 24.1 Å². The quantitative estimate of drug-likeness (QED) is 0.850. The molecule has 142 valence electrons. The van der Waals surface area contributed by atoms with Crippen LogP contribution in [0.1, 0.15) is 24.2 Å². The van der Waals surface area contributed by atoms with E-state index in [1.54, 1.807) is 10.9 Å². The van der Waals surface area contributed by atoms with Gasteiger partial charge in [-0.05, 0) is 19.8 Å². The van der Waals surface area contributed by atoms with Gasteiger partial charge in [-0.25, -0.2) is 0 Å². The Labute approximate surface area is 152 Å². The van der Waals surface area contributed by atoms with Crippen LogP contribution in [0, 0.1) is 6.92 Å². The summed E-state index contributed by atoms with van der Waals surface area (Å²) >= 11 is 5.67. The maximum Gasteiger partial charge on any atom is 0.436 e. The van der Waals surface area contributed by atoms with Crippen LogP contribution in [0.5, 0.6) is 0 Å². The van der Waals surface area contributed by atoms with Gasteiger partial charge in [0.1, 0.15) is 6.54 Å². The van der Waals surface area contributed by atoms with Crippen LogP contribution in [0.2, 0.25) is 5.02 Å². The highest BCUT2D eigenvalue weighted by molar-refractivity contribution is 6.32. The highest BCUT2D eigenvalue weighted by Crippen LogP contribution is 2.35. The standard InChI is InChI=1S/C15H17ClF3N5O2/c1-9-13(16)14(15(17,18)19)22-24(9)8-12(25)21-10-5-20-23(6-10)7-11-3-2-4-26-11/h5-6,11H,2-4,7-8H2,1H3,(H,21,25). The number of amides is 1. The first kappa shape index (κ1) is 18.7. The molecule has 1 saturated heterocycles. The third-order valence-corrected chi connectivity index (χ3v) is 4.48. The summed E-state index contributed by atoms with van der Waals surface area (Å²) in [6, 6.07) is 0. The van der Waals surface area contributed by atoms with Gasteiger partial charge >= 0.3 is 6.18 Å². The van der Waals surface area contributed by atoms with E-state index in [1.165, 1.54) is 13.1 Å². The molecule has 1 aliphatic rings. The topological polar surface area (TPSA) is 74.0 Å². The van der Waals surface area contributed by atoms with Gasteiger partial charge < -0.3 is 10.1 Å². The summed E-state index contributed by atoms with van der Waals surface area (Å²) in [5, 5.41) is 9.61. The highest BCUT2D eigenvalue weighted by Gasteiger charge is 2.38. The highest BCUT2D eigenvalue weighted by atomic mass is 35.5. The molecule has 1 atom stereocenters. The number of nitrogens with one attached hydrogen (secondary N) is 1. The summed E-state index contributed by atoms with van der Waals surface area (Å²) in [4.78, 5) is 12.1. The molecule has 2 aromatic heterocycles. The van der Waals surface area contributed by atoms with Crippen LogP contribution in [0.4, 0.5) is 18.9 Å². The van der Waals surface area contributed by atoms with E-state index < -0.39 is 29.3 Å². The molecule has 2 aromatic rings. The lowest BCUT2D eigenvalue weighted by Gasteiger charge is -2.08. The SMILES string of the molecule is Cc1c(Cl)c(C(F)(F)F)nn1CC(=O)Nc1cnn(CC2CCCO2)c1. The molecular formula is C15H17ClF3N5O2. The van der Waals surface area contributed by atoms with Gasteiger partial charge in [0.25, 0.3) is 0 Å². The Morgan fingerprint density at radius 2 is 2.27 bits per heavy atom. The minimum absolute atomic E-state index is 0.0724. The van der Waals surface area contributed by atoms with E-state index in [1.807, 2.05) is 0 Å². The summed E-state index contributed by atoms with van der Waals surface area (Å²) in [6.07, 6.45) is 0.519. The maximum absolute atomic E-state index is 12.8. The van der Waals surface area contributed by atoms with Crippen molar-refractivity contribution < 1.29 is 22.7 Å². The summed E-state index contributed by atoms with van der Waals surface area (Å²) < 4.78 is 46.5. The van der Waals surface area contributed by atoms with Crippen molar-refractivity contribution in [3.05, 3.63) is 28.8 Å². The molecule has 1 unspecified atom stereocenters. The molecular weight excluding hydrogens is 375 g/mol. The number of anilines is 1. The molecule has 1 amide bonds. The third kappa shape index (κ3) is 4.18. The van der Waals surface area contributed by atoms with Crippen molar-refractivity contribution in [2.45, 2.75) is 45.1 Å². The first-order chi connectivity index (χ1) is 12.2. The van der Waals surface area contributed by atoms with Crippen molar-refractivity contribution in [1.29, 1.82) is 0 Å².